The zero-order valence-electron chi connectivity index (χ0n) is 13.1. The Labute approximate surface area is 156 Å². The lowest BCUT2D eigenvalue weighted by molar-refractivity contribution is -0.136. The molecule has 0 spiro atoms. The van der Waals surface area contributed by atoms with Gasteiger partial charge in [0, 0.05) is 25.2 Å². The number of nitrogens with zero attached hydrogens (tertiary/aromatic N) is 1. The predicted octanol–water partition coefficient (Wildman–Crippen LogP) is 0.302. The molecule has 4 N–H and O–H groups in total. The van der Waals surface area contributed by atoms with E-state index in [0.29, 0.717) is 18.8 Å². The Morgan fingerprint density at radius 2 is 1.88 bits per heavy atom. The molecule has 0 saturated carbocycles. The number of fused-ring (bicyclic) bond motifs is 1. The quantitative estimate of drug-likeness (QED) is 0.637. The molecule has 10 heteroatoms. The minimum absolute atomic E-state index is 0. The predicted molar refractivity (Wildman–Crippen MR) is 95.2 cm³/mol. The van der Waals surface area contributed by atoms with Gasteiger partial charge in [-0.05, 0) is 18.6 Å². The van der Waals surface area contributed by atoms with Crippen LogP contribution in [0.15, 0.2) is 18.2 Å². The van der Waals surface area contributed by atoms with Gasteiger partial charge in [0.05, 0.1) is 11.1 Å². The molecule has 0 bridgehead atoms. The summed E-state index contributed by atoms with van der Waals surface area (Å²) in [4.78, 5) is 49.4. The fourth-order valence-electron chi connectivity index (χ4n) is 2.87. The zero-order valence-corrected chi connectivity index (χ0v) is 14.7. The smallest absolute Gasteiger partial charge is 0.264 e. The minimum atomic E-state index is -0.956. The van der Waals surface area contributed by atoms with Gasteiger partial charge in [0.1, 0.15) is 6.04 Å². The Bertz CT molecular complexity index is 725. The van der Waals surface area contributed by atoms with Crippen LogP contribution in [0.25, 0.3) is 0 Å². The van der Waals surface area contributed by atoms with Crippen LogP contribution in [0.3, 0.4) is 0 Å². The Morgan fingerprint density at radius 3 is 2.52 bits per heavy atom. The SMILES string of the molecule is Cl.Cl.NCCNc1cccc2c1C(=O)N(C1CCC(=O)NC1=O)C2=O. The molecule has 3 rings (SSSR count). The number of carbonyl (C=O) groups excluding carboxylic acids is 4. The van der Waals surface area contributed by atoms with E-state index >= 15 is 0 Å². The summed E-state index contributed by atoms with van der Waals surface area (Å²) in [6.45, 7) is 0.832. The molecule has 1 unspecified atom stereocenters. The molecule has 2 aliphatic heterocycles. The molecule has 2 aliphatic rings. The molecule has 8 nitrogen and oxygen atoms in total. The molecule has 136 valence electrons. The second-order valence-electron chi connectivity index (χ2n) is 5.39. The maximum atomic E-state index is 12.7. The first kappa shape index (κ1) is 20.9. The molecular formula is C15H18Cl2N4O4. The zero-order chi connectivity index (χ0) is 16.6. The number of imide groups is 2. The number of amides is 4. The lowest BCUT2D eigenvalue weighted by Crippen LogP contribution is -2.54. The largest absolute Gasteiger partial charge is 0.383 e. The van der Waals surface area contributed by atoms with E-state index in [1.807, 2.05) is 0 Å². The highest BCUT2D eigenvalue weighted by molar-refractivity contribution is 6.25. The lowest BCUT2D eigenvalue weighted by Gasteiger charge is -2.27. The van der Waals surface area contributed by atoms with Crippen molar-refractivity contribution in [3.05, 3.63) is 29.3 Å². The van der Waals surface area contributed by atoms with Crippen LogP contribution in [-0.2, 0) is 9.59 Å². The van der Waals surface area contributed by atoms with E-state index in [9.17, 15) is 19.2 Å². The van der Waals surface area contributed by atoms with Gasteiger partial charge in [-0.3, -0.25) is 29.4 Å². The highest BCUT2D eigenvalue weighted by Crippen LogP contribution is 2.32. The highest BCUT2D eigenvalue weighted by atomic mass is 35.5. The van der Waals surface area contributed by atoms with Crippen LogP contribution < -0.4 is 16.4 Å². The van der Waals surface area contributed by atoms with Gasteiger partial charge in [-0.25, -0.2) is 0 Å². The average Bonchev–Trinajstić information content (AvgIpc) is 2.78. The van der Waals surface area contributed by atoms with E-state index < -0.39 is 29.7 Å². The monoisotopic (exact) mass is 388 g/mol. The number of anilines is 1. The molecule has 0 aliphatic carbocycles. The van der Waals surface area contributed by atoms with E-state index in [1.165, 1.54) is 0 Å². The van der Waals surface area contributed by atoms with Crippen molar-refractivity contribution in [3.63, 3.8) is 0 Å². The summed E-state index contributed by atoms with van der Waals surface area (Å²) in [5.74, 6) is -2.06. The van der Waals surface area contributed by atoms with E-state index in [2.05, 4.69) is 10.6 Å². The van der Waals surface area contributed by atoms with Crippen molar-refractivity contribution in [2.45, 2.75) is 18.9 Å². The number of hydrogen-bond acceptors (Lipinski definition) is 6. The third-order valence-electron chi connectivity index (χ3n) is 3.93. The number of nitrogens with one attached hydrogen (secondary N) is 2. The van der Waals surface area contributed by atoms with E-state index in [-0.39, 0.29) is 48.8 Å². The summed E-state index contributed by atoms with van der Waals surface area (Å²) < 4.78 is 0. The first-order valence-electron chi connectivity index (χ1n) is 7.33. The molecule has 1 fully saturated rings. The van der Waals surface area contributed by atoms with E-state index in [0.717, 1.165) is 4.90 Å². The second-order valence-corrected chi connectivity index (χ2v) is 5.39. The maximum absolute atomic E-state index is 12.7. The van der Waals surface area contributed by atoms with Crippen LogP contribution in [0.1, 0.15) is 33.6 Å². The summed E-state index contributed by atoms with van der Waals surface area (Å²) in [5.41, 5.74) is 6.46. The molecule has 0 radical (unpaired) electrons. The summed E-state index contributed by atoms with van der Waals surface area (Å²) in [6, 6.07) is 3.95. The third kappa shape index (κ3) is 3.60. The first-order valence-corrected chi connectivity index (χ1v) is 7.33. The molecular weight excluding hydrogens is 371 g/mol. The standard InChI is InChI=1S/C15H16N4O4.2ClH/c16-6-7-17-9-3-1-2-8-12(9)15(23)19(14(8)22)10-4-5-11(20)18-13(10)21;;/h1-3,10,17H,4-7,16H2,(H,18,20,21);2*1H. The topological polar surface area (TPSA) is 122 Å². The molecule has 1 aromatic rings. The van der Waals surface area contributed by atoms with Gasteiger partial charge >= 0.3 is 0 Å². The normalized spacial score (nSPS) is 18.9. The highest BCUT2D eigenvalue weighted by Gasteiger charge is 2.45. The van der Waals surface area contributed by atoms with Gasteiger partial charge in [-0.2, -0.15) is 0 Å². The minimum Gasteiger partial charge on any atom is -0.383 e. The van der Waals surface area contributed by atoms with Crippen LogP contribution in [0.5, 0.6) is 0 Å². The first-order chi connectivity index (χ1) is 11.0. The number of hydrogen-bond donors (Lipinski definition) is 3. The average molecular weight is 389 g/mol. The van der Waals surface area contributed by atoms with Crippen molar-refractivity contribution in [1.29, 1.82) is 0 Å². The van der Waals surface area contributed by atoms with E-state index in [4.69, 9.17) is 5.73 Å². The fourth-order valence-corrected chi connectivity index (χ4v) is 2.87. The Hall–Kier alpha value is -2.16. The van der Waals surface area contributed by atoms with Crippen molar-refractivity contribution in [3.8, 4) is 0 Å². The number of rotatable bonds is 4. The van der Waals surface area contributed by atoms with Gasteiger partial charge in [-0.15, -0.1) is 24.8 Å². The Balaban J connectivity index is 0.00000156. The molecule has 0 aromatic heterocycles. The van der Waals surface area contributed by atoms with Gasteiger partial charge < -0.3 is 11.1 Å². The number of benzene rings is 1. The Kier molecular flexibility index (Phi) is 6.92. The van der Waals surface area contributed by atoms with Crippen LogP contribution in [0, 0.1) is 0 Å². The number of halogens is 2. The van der Waals surface area contributed by atoms with Crippen LogP contribution in [-0.4, -0.2) is 47.7 Å². The van der Waals surface area contributed by atoms with Gasteiger partial charge in [0.2, 0.25) is 11.8 Å². The van der Waals surface area contributed by atoms with E-state index in [1.54, 1.807) is 18.2 Å². The molecule has 25 heavy (non-hydrogen) atoms. The lowest BCUT2D eigenvalue weighted by atomic mass is 10.0. The maximum Gasteiger partial charge on any atom is 0.264 e. The Morgan fingerprint density at radius 1 is 1.16 bits per heavy atom. The van der Waals surface area contributed by atoms with Gasteiger partial charge in [0.15, 0.2) is 0 Å². The number of nitrogens with two attached hydrogens (primary N) is 1. The molecule has 2 heterocycles. The molecule has 1 aromatic carbocycles. The molecule has 1 atom stereocenters. The number of piperidine rings is 1. The van der Waals surface area contributed by atoms with Gasteiger partial charge in [0.25, 0.3) is 11.8 Å². The molecule has 4 amide bonds. The van der Waals surface area contributed by atoms with Crippen LogP contribution in [0.2, 0.25) is 0 Å². The van der Waals surface area contributed by atoms with Crippen LogP contribution in [0.4, 0.5) is 5.69 Å². The number of carbonyl (C=O) groups is 4. The third-order valence-corrected chi connectivity index (χ3v) is 3.93. The van der Waals surface area contributed by atoms with Crippen molar-refractivity contribution >= 4 is 54.1 Å². The van der Waals surface area contributed by atoms with Crippen molar-refractivity contribution < 1.29 is 19.2 Å². The summed E-state index contributed by atoms with van der Waals surface area (Å²) in [5, 5.41) is 5.17. The fraction of sp³-hybridized carbons (Fsp3) is 0.333. The van der Waals surface area contributed by atoms with Crippen molar-refractivity contribution in [1.82, 2.24) is 10.2 Å². The molecule has 1 saturated heterocycles. The van der Waals surface area contributed by atoms with Crippen molar-refractivity contribution in [2.75, 3.05) is 18.4 Å². The van der Waals surface area contributed by atoms with Gasteiger partial charge in [-0.1, -0.05) is 6.07 Å². The summed E-state index contributed by atoms with van der Waals surface area (Å²) in [7, 11) is 0. The van der Waals surface area contributed by atoms with Crippen LogP contribution >= 0.6 is 24.8 Å². The summed E-state index contributed by atoms with van der Waals surface area (Å²) in [6.07, 6.45) is 0.240. The van der Waals surface area contributed by atoms with Crippen molar-refractivity contribution in [2.24, 2.45) is 5.73 Å². The summed E-state index contributed by atoms with van der Waals surface area (Å²) >= 11 is 0. The second kappa shape index (κ2) is 8.28.